The summed E-state index contributed by atoms with van der Waals surface area (Å²) in [6, 6.07) is 9.40. The Bertz CT molecular complexity index is 371. The molecule has 0 amide bonds. The van der Waals surface area contributed by atoms with Crippen molar-refractivity contribution in [1.82, 2.24) is 4.90 Å². The van der Waals surface area contributed by atoms with Crippen LogP contribution in [-0.4, -0.2) is 24.0 Å². The standard InChI is InChI=1S/C16H24N2/c17-15-7-3-13(4-8-15)14-5-9-16(10-6-14)18-11-1-2-12-18/h3-4,7-8,14,16H,1-2,5-6,9-12,17H2/t14-,16-. The molecule has 0 spiro atoms. The number of anilines is 1. The van der Waals surface area contributed by atoms with Crippen LogP contribution >= 0.6 is 0 Å². The summed E-state index contributed by atoms with van der Waals surface area (Å²) in [5.74, 6) is 0.768. The van der Waals surface area contributed by atoms with Crippen LogP contribution in [0.15, 0.2) is 24.3 Å². The molecule has 0 atom stereocenters. The van der Waals surface area contributed by atoms with E-state index in [0.29, 0.717) is 0 Å². The predicted molar refractivity (Wildman–Crippen MR) is 76.7 cm³/mol. The molecule has 1 saturated heterocycles. The van der Waals surface area contributed by atoms with Crippen LogP contribution in [0.4, 0.5) is 5.69 Å². The first-order valence-corrected chi connectivity index (χ1v) is 7.42. The first-order valence-electron chi connectivity index (χ1n) is 7.42. The minimum atomic E-state index is 0.768. The number of nitrogens with two attached hydrogens (primary N) is 1. The van der Waals surface area contributed by atoms with Crippen molar-refractivity contribution in [2.45, 2.75) is 50.5 Å². The fourth-order valence-corrected chi connectivity index (χ4v) is 3.65. The lowest BCUT2D eigenvalue weighted by Crippen LogP contribution is -2.35. The number of likely N-dealkylation sites (tertiary alicyclic amines) is 1. The predicted octanol–water partition coefficient (Wildman–Crippen LogP) is 3.39. The van der Waals surface area contributed by atoms with E-state index in [0.717, 1.165) is 17.6 Å². The van der Waals surface area contributed by atoms with Gasteiger partial charge < -0.3 is 10.6 Å². The molecule has 3 rings (SSSR count). The van der Waals surface area contributed by atoms with Gasteiger partial charge >= 0.3 is 0 Å². The Labute approximate surface area is 110 Å². The van der Waals surface area contributed by atoms with Gasteiger partial charge in [-0.3, -0.25) is 0 Å². The lowest BCUT2D eigenvalue weighted by molar-refractivity contribution is 0.182. The zero-order valence-corrected chi connectivity index (χ0v) is 11.1. The highest BCUT2D eigenvalue weighted by Gasteiger charge is 2.27. The number of hydrogen-bond donors (Lipinski definition) is 1. The Balaban J connectivity index is 1.57. The van der Waals surface area contributed by atoms with Gasteiger partial charge in [-0.05, 0) is 75.2 Å². The molecule has 1 saturated carbocycles. The highest BCUT2D eigenvalue weighted by Crippen LogP contribution is 2.35. The molecule has 1 aromatic carbocycles. The summed E-state index contributed by atoms with van der Waals surface area (Å²) < 4.78 is 0. The van der Waals surface area contributed by atoms with Gasteiger partial charge in [-0.15, -0.1) is 0 Å². The molecule has 18 heavy (non-hydrogen) atoms. The molecule has 0 aromatic heterocycles. The van der Waals surface area contributed by atoms with Gasteiger partial charge in [-0.2, -0.15) is 0 Å². The summed E-state index contributed by atoms with van der Waals surface area (Å²) in [5, 5.41) is 0. The van der Waals surface area contributed by atoms with E-state index in [4.69, 9.17) is 5.73 Å². The minimum Gasteiger partial charge on any atom is -0.399 e. The molecule has 0 unspecified atom stereocenters. The molecule has 1 aromatic rings. The second-order valence-corrected chi connectivity index (χ2v) is 5.92. The van der Waals surface area contributed by atoms with Gasteiger partial charge in [0.1, 0.15) is 0 Å². The number of nitrogen functional groups attached to an aromatic ring is 1. The van der Waals surface area contributed by atoms with Crippen LogP contribution in [-0.2, 0) is 0 Å². The van der Waals surface area contributed by atoms with E-state index in [2.05, 4.69) is 17.0 Å². The molecule has 0 bridgehead atoms. The quantitative estimate of drug-likeness (QED) is 0.808. The van der Waals surface area contributed by atoms with E-state index in [9.17, 15) is 0 Å². The van der Waals surface area contributed by atoms with Crippen molar-refractivity contribution >= 4 is 5.69 Å². The lowest BCUT2D eigenvalue weighted by atomic mass is 9.81. The Kier molecular flexibility index (Phi) is 3.55. The van der Waals surface area contributed by atoms with Crippen molar-refractivity contribution in [3.05, 3.63) is 29.8 Å². The van der Waals surface area contributed by atoms with Crippen LogP contribution < -0.4 is 5.73 Å². The summed E-state index contributed by atoms with van der Waals surface area (Å²) in [6.45, 7) is 2.69. The van der Waals surface area contributed by atoms with E-state index in [1.807, 2.05) is 12.1 Å². The maximum atomic E-state index is 5.75. The van der Waals surface area contributed by atoms with Gasteiger partial charge in [0, 0.05) is 11.7 Å². The summed E-state index contributed by atoms with van der Waals surface area (Å²) in [4.78, 5) is 2.72. The maximum absolute atomic E-state index is 5.75. The highest BCUT2D eigenvalue weighted by molar-refractivity contribution is 5.40. The van der Waals surface area contributed by atoms with Gasteiger partial charge in [0.2, 0.25) is 0 Å². The molecule has 1 aliphatic carbocycles. The molecular weight excluding hydrogens is 220 g/mol. The number of hydrogen-bond acceptors (Lipinski definition) is 2. The number of benzene rings is 1. The Morgan fingerprint density at radius 3 is 2.11 bits per heavy atom. The highest BCUT2D eigenvalue weighted by atomic mass is 15.2. The smallest absolute Gasteiger partial charge is 0.0314 e. The average molecular weight is 244 g/mol. The molecular formula is C16H24N2. The monoisotopic (exact) mass is 244 g/mol. The topological polar surface area (TPSA) is 29.3 Å². The third-order valence-electron chi connectivity index (χ3n) is 4.76. The maximum Gasteiger partial charge on any atom is 0.0314 e. The van der Waals surface area contributed by atoms with Gasteiger partial charge in [0.15, 0.2) is 0 Å². The average Bonchev–Trinajstić information content (AvgIpc) is 2.94. The molecule has 1 heterocycles. The Morgan fingerprint density at radius 2 is 1.50 bits per heavy atom. The van der Waals surface area contributed by atoms with Crippen LogP contribution in [0.1, 0.15) is 50.0 Å². The molecule has 2 nitrogen and oxygen atoms in total. The van der Waals surface area contributed by atoms with Crippen LogP contribution in [0.2, 0.25) is 0 Å². The van der Waals surface area contributed by atoms with E-state index in [-0.39, 0.29) is 0 Å². The first-order chi connectivity index (χ1) is 8.83. The molecule has 2 heteroatoms. The molecule has 2 fully saturated rings. The third kappa shape index (κ3) is 2.54. The van der Waals surface area contributed by atoms with Crippen molar-refractivity contribution < 1.29 is 0 Å². The largest absolute Gasteiger partial charge is 0.399 e. The van der Waals surface area contributed by atoms with Crippen LogP contribution in [0, 0.1) is 0 Å². The van der Waals surface area contributed by atoms with Crippen LogP contribution in [0.25, 0.3) is 0 Å². The fraction of sp³-hybridized carbons (Fsp3) is 0.625. The van der Waals surface area contributed by atoms with Crippen LogP contribution in [0.5, 0.6) is 0 Å². The fourth-order valence-electron chi connectivity index (χ4n) is 3.65. The zero-order valence-electron chi connectivity index (χ0n) is 11.1. The van der Waals surface area contributed by atoms with Gasteiger partial charge in [0.25, 0.3) is 0 Å². The lowest BCUT2D eigenvalue weighted by Gasteiger charge is -2.34. The molecule has 0 radical (unpaired) electrons. The van der Waals surface area contributed by atoms with E-state index >= 15 is 0 Å². The van der Waals surface area contributed by atoms with Crippen molar-refractivity contribution in [2.75, 3.05) is 18.8 Å². The van der Waals surface area contributed by atoms with Crippen molar-refractivity contribution in [3.8, 4) is 0 Å². The zero-order chi connectivity index (χ0) is 12.4. The summed E-state index contributed by atoms with van der Waals surface area (Å²) in [7, 11) is 0. The van der Waals surface area contributed by atoms with Gasteiger partial charge in [-0.25, -0.2) is 0 Å². The molecule has 1 aliphatic heterocycles. The third-order valence-corrected chi connectivity index (χ3v) is 4.76. The second-order valence-electron chi connectivity index (χ2n) is 5.92. The van der Waals surface area contributed by atoms with E-state index in [1.54, 1.807) is 0 Å². The molecule has 2 aliphatic rings. The van der Waals surface area contributed by atoms with E-state index < -0.39 is 0 Å². The summed E-state index contributed by atoms with van der Waals surface area (Å²) in [6.07, 6.45) is 8.30. The summed E-state index contributed by atoms with van der Waals surface area (Å²) in [5.41, 5.74) is 8.12. The van der Waals surface area contributed by atoms with E-state index in [1.165, 1.54) is 57.2 Å². The van der Waals surface area contributed by atoms with Crippen molar-refractivity contribution in [3.63, 3.8) is 0 Å². The summed E-state index contributed by atoms with van der Waals surface area (Å²) >= 11 is 0. The van der Waals surface area contributed by atoms with Gasteiger partial charge in [0.05, 0.1) is 0 Å². The van der Waals surface area contributed by atoms with Crippen molar-refractivity contribution in [1.29, 1.82) is 0 Å². The minimum absolute atomic E-state index is 0.768. The number of nitrogens with zero attached hydrogens (tertiary/aromatic N) is 1. The normalized spacial score (nSPS) is 29.6. The van der Waals surface area contributed by atoms with Crippen LogP contribution in [0.3, 0.4) is 0 Å². The number of rotatable bonds is 2. The molecule has 98 valence electrons. The SMILES string of the molecule is Nc1ccc([C@H]2CC[C@H](N3CCCC3)CC2)cc1. The van der Waals surface area contributed by atoms with Crippen molar-refractivity contribution in [2.24, 2.45) is 0 Å². The Morgan fingerprint density at radius 1 is 0.889 bits per heavy atom. The second kappa shape index (κ2) is 5.31. The first kappa shape index (κ1) is 12.0. The molecule has 2 N–H and O–H groups in total. The van der Waals surface area contributed by atoms with Gasteiger partial charge in [-0.1, -0.05) is 12.1 Å². The Hall–Kier alpha value is -1.02.